The van der Waals surface area contributed by atoms with E-state index in [9.17, 15) is 8.42 Å². The number of sulfonamides is 1. The smallest absolute Gasteiger partial charge is 0.212 e. The van der Waals surface area contributed by atoms with E-state index in [0.29, 0.717) is 11.1 Å². The molecule has 1 aromatic carbocycles. The van der Waals surface area contributed by atoms with Gasteiger partial charge >= 0.3 is 0 Å². The first-order chi connectivity index (χ1) is 8.79. The molecule has 0 aliphatic carbocycles. The van der Waals surface area contributed by atoms with E-state index in [1.807, 2.05) is 26.8 Å². The van der Waals surface area contributed by atoms with Crippen molar-refractivity contribution in [2.45, 2.75) is 44.9 Å². The molecule has 0 bridgehead atoms. The van der Waals surface area contributed by atoms with Crippen LogP contribution in [0.5, 0.6) is 0 Å². The third-order valence-electron chi connectivity index (χ3n) is 2.79. The molecule has 1 N–H and O–H groups in total. The largest absolute Gasteiger partial charge is 0.216 e. The third kappa shape index (κ3) is 5.01. The monoisotopic (exact) mass is 280 g/mol. The van der Waals surface area contributed by atoms with Crippen LogP contribution in [0.3, 0.4) is 0 Å². The van der Waals surface area contributed by atoms with E-state index >= 15 is 0 Å². The van der Waals surface area contributed by atoms with Crippen molar-refractivity contribution in [3.63, 3.8) is 0 Å². The lowest BCUT2D eigenvalue weighted by Crippen LogP contribution is -2.43. The third-order valence-corrected chi connectivity index (χ3v) is 4.34. The molecule has 4 nitrogen and oxygen atoms in total. The summed E-state index contributed by atoms with van der Waals surface area (Å²) in [7, 11) is -3.45. The van der Waals surface area contributed by atoms with Crippen molar-refractivity contribution < 1.29 is 8.42 Å². The minimum atomic E-state index is -3.45. The fraction of sp³-hybridized carbons (Fsp3) is 0.500. The summed E-state index contributed by atoms with van der Waals surface area (Å²) in [6.07, 6.45) is 1.68. The molecule has 104 valence electrons. The average Bonchev–Trinajstić information content (AvgIpc) is 2.27. The molecule has 0 saturated carbocycles. The van der Waals surface area contributed by atoms with Crippen LogP contribution in [-0.4, -0.2) is 14.0 Å². The summed E-state index contributed by atoms with van der Waals surface area (Å²) in [5, 5.41) is 8.97. The van der Waals surface area contributed by atoms with Gasteiger partial charge in [-0.15, -0.1) is 0 Å². The van der Waals surface area contributed by atoms with Crippen LogP contribution in [0, 0.1) is 11.3 Å². The van der Waals surface area contributed by atoms with Gasteiger partial charge in [0, 0.05) is 5.54 Å². The Labute approximate surface area is 115 Å². The molecule has 0 spiro atoms. The van der Waals surface area contributed by atoms with E-state index < -0.39 is 15.6 Å². The maximum Gasteiger partial charge on any atom is 0.216 e. The molecule has 0 unspecified atom stereocenters. The number of hydrogen-bond acceptors (Lipinski definition) is 3. The van der Waals surface area contributed by atoms with E-state index in [-0.39, 0.29) is 5.75 Å². The molecule has 19 heavy (non-hydrogen) atoms. The second-order valence-corrected chi connectivity index (χ2v) is 6.99. The van der Waals surface area contributed by atoms with Gasteiger partial charge < -0.3 is 0 Å². The second-order valence-electron chi connectivity index (χ2n) is 5.26. The molecule has 0 aromatic heterocycles. The van der Waals surface area contributed by atoms with E-state index in [2.05, 4.69) is 4.72 Å². The van der Waals surface area contributed by atoms with Crippen LogP contribution in [0.15, 0.2) is 24.3 Å². The average molecular weight is 280 g/mol. The van der Waals surface area contributed by atoms with Crippen LogP contribution >= 0.6 is 0 Å². The molecule has 0 aliphatic rings. The zero-order chi connectivity index (χ0) is 14.5. The molecule has 0 radical (unpaired) electrons. The molecule has 0 aliphatic heterocycles. The van der Waals surface area contributed by atoms with Crippen molar-refractivity contribution in [3.05, 3.63) is 35.4 Å². The van der Waals surface area contributed by atoms with E-state index in [1.165, 1.54) is 0 Å². The highest BCUT2D eigenvalue weighted by molar-refractivity contribution is 7.88. The van der Waals surface area contributed by atoms with Crippen molar-refractivity contribution in [2.75, 3.05) is 0 Å². The highest BCUT2D eigenvalue weighted by Crippen LogP contribution is 2.16. The number of rotatable bonds is 6. The van der Waals surface area contributed by atoms with Gasteiger partial charge in [-0.3, -0.25) is 0 Å². The number of nitriles is 1. The Bertz CT molecular complexity index is 571. The fourth-order valence-electron chi connectivity index (χ4n) is 2.09. The number of nitrogens with zero attached hydrogens (tertiary/aromatic N) is 1. The van der Waals surface area contributed by atoms with Gasteiger partial charge in [-0.25, -0.2) is 13.1 Å². The number of benzene rings is 1. The van der Waals surface area contributed by atoms with Gasteiger partial charge in [-0.2, -0.15) is 5.26 Å². The van der Waals surface area contributed by atoms with Crippen LogP contribution in [0.1, 0.15) is 44.7 Å². The summed E-state index contributed by atoms with van der Waals surface area (Å²) in [5.41, 5.74) is 0.473. The van der Waals surface area contributed by atoms with Gasteiger partial charge in [-0.05, 0) is 31.9 Å². The molecule has 0 heterocycles. The molecule has 0 saturated heterocycles. The topological polar surface area (TPSA) is 70.0 Å². The Kier molecular flexibility index (Phi) is 5.10. The zero-order valence-electron chi connectivity index (χ0n) is 11.6. The molecule has 5 heteroatoms. The second kappa shape index (κ2) is 6.18. The predicted octanol–water partition coefficient (Wildman–Crippen LogP) is 2.56. The van der Waals surface area contributed by atoms with Crippen LogP contribution in [0.2, 0.25) is 0 Å². The first-order valence-corrected chi connectivity index (χ1v) is 7.94. The Hall–Kier alpha value is -1.38. The Balaban J connectivity index is 2.89. The van der Waals surface area contributed by atoms with Crippen LogP contribution in [0.4, 0.5) is 0 Å². The minimum Gasteiger partial charge on any atom is -0.212 e. The summed E-state index contributed by atoms with van der Waals surface area (Å²) in [5.74, 6) is -0.163. The highest BCUT2D eigenvalue weighted by atomic mass is 32.2. The Morgan fingerprint density at radius 3 is 2.53 bits per heavy atom. The highest BCUT2D eigenvalue weighted by Gasteiger charge is 2.24. The van der Waals surface area contributed by atoms with Gasteiger partial charge in [0.05, 0.1) is 17.4 Å². The molecule has 0 amide bonds. The lowest BCUT2D eigenvalue weighted by molar-refractivity contribution is 0.417. The molecule has 1 aromatic rings. The summed E-state index contributed by atoms with van der Waals surface area (Å²) in [6, 6.07) is 8.78. The van der Waals surface area contributed by atoms with E-state index in [4.69, 9.17) is 5.26 Å². The zero-order valence-corrected chi connectivity index (χ0v) is 12.4. The summed E-state index contributed by atoms with van der Waals surface area (Å²) in [6.45, 7) is 5.75. The molecule has 0 atom stereocenters. The molecular weight excluding hydrogens is 260 g/mol. The molecule has 1 rings (SSSR count). The van der Waals surface area contributed by atoms with Gasteiger partial charge in [0.25, 0.3) is 0 Å². The van der Waals surface area contributed by atoms with Crippen LogP contribution in [-0.2, 0) is 15.8 Å². The summed E-state index contributed by atoms with van der Waals surface area (Å²) < 4.78 is 27.0. The van der Waals surface area contributed by atoms with Gasteiger partial charge in [-0.1, -0.05) is 31.5 Å². The van der Waals surface area contributed by atoms with Crippen molar-refractivity contribution >= 4 is 10.0 Å². The summed E-state index contributed by atoms with van der Waals surface area (Å²) in [4.78, 5) is 0. The Morgan fingerprint density at radius 2 is 1.95 bits per heavy atom. The summed E-state index contributed by atoms with van der Waals surface area (Å²) >= 11 is 0. The number of nitrogens with one attached hydrogen (secondary N) is 1. The predicted molar refractivity (Wildman–Crippen MR) is 75.9 cm³/mol. The molecular formula is C14H20N2O2S. The number of hydrogen-bond donors (Lipinski definition) is 1. The van der Waals surface area contributed by atoms with Crippen molar-refractivity contribution in [2.24, 2.45) is 0 Å². The van der Waals surface area contributed by atoms with E-state index in [1.54, 1.807) is 24.3 Å². The Morgan fingerprint density at radius 1 is 1.32 bits per heavy atom. The fourth-order valence-corrected chi connectivity index (χ4v) is 3.77. The quantitative estimate of drug-likeness (QED) is 0.870. The van der Waals surface area contributed by atoms with Gasteiger partial charge in [0.15, 0.2) is 0 Å². The van der Waals surface area contributed by atoms with Gasteiger partial charge in [0.1, 0.15) is 0 Å². The minimum absolute atomic E-state index is 0.163. The SMILES string of the molecule is CCCC(C)(C)NS(=O)(=O)Cc1ccccc1C#N. The maximum absolute atomic E-state index is 12.1. The lowest BCUT2D eigenvalue weighted by atomic mass is 10.0. The first kappa shape index (κ1) is 15.7. The van der Waals surface area contributed by atoms with Crippen LogP contribution < -0.4 is 4.72 Å². The lowest BCUT2D eigenvalue weighted by Gasteiger charge is -2.25. The standard InChI is InChI=1S/C14H20N2O2S/c1-4-9-14(2,3)16-19(17,18)11-13-8-6-5-7-12(13)10-15/h5-8,16H,4,9,11H2,1-3H3. The first-order valence-electron chi connectivity index (χ1n) is 6.29. The van der Waals surface area contributed by atoms with Crippen molar-refractivity contribution in [3.8, 4) is 6.07 Å². The van der Waals surface area contributed by atoms with Crippen molar-refractivity contribution in [1.82, 2.24) is 4.72 Å². The van der Waals surface area contributed by atoms with Crippen molar-refractivity contribution in [1.29, 1.82) is 5.26 Å². The normalized spacial score (nSPS) is 12.1. The maximum atomic E-state index is 12.1. The molecule has 0 fully saturated rings. The van der Waals surface area contributed by atoms with Crippen LogP contribution in [0.25, 0.3) is 0 Å². The van der Waals surface area contributed by atoms with Gasteiger partial charge in [0.2, 0.25) is 10.0 Å². The van der Waals surface area contributed by atoms with E-state index in [0.717, 1.165) is 12.8 Å².